The monoisotopic (exact) mass is 323 g/mol. The molecule has 1 aliphatic heterocycles. The third-order valence-electron chi connectivity index (χ3n) is 5.70. The van der Waals surface area contributed by atoms with Crippen LogP contribution in [0.5, 0.6) is 0 Å². The normalized spacial score (nSPS) is 26.2. The predicted molar refractivity (Wildman–Crippen MR) is 94.7 cm³/mol. The van der Waals surface area contributed by atoms with Gasteiger partial charge >= 0.3 is 0 Å². The number of aliphatic hydroxyl groups is 1. The van der Waals surface area contributed by atoms with Crippen molar-refractivity contribution in [1.29, 1.82) is 0 Å². The van der Waals surface area contributed by atoms with Crippen LogP contribution in [-0.2, 0) is 6.42 Å². The zero-order valence-corrected chi connectivity index (χ0v) is 14.2. The molecule has 1 fully saturated rings. The Balaban J connectivity index is 1.39. The zero-order chi connectivity index (χ0) is 16.5. The molecule has 0 spiro atoms. The lowest BCUT2D eigenvalue weighted by Gasteiger charge is -2.41. The van der Waals surface area contributed by atoms with Crippen molar-refractivity contribution >= 4 is 0 Å². The third kappa shape index (κ3) is 2.86. The number of benzene rings is 1. The highest BCUT2D eigenvalue weighted by molar-refractivity contribution is 5.36. The molecule has 0 radical (unpaired) electrons. The van der Waals surface area contributed by atoms with E-state index in [4.69, 9.17) is 0 Å². The summed E-state index contributed by atoms with van der Waals surface area (Å²) >= 11 is 0. The highest BCUT2D eigenvalue weighted by Gasteiger charge is 2.36. The molecule has 1 aromatic heterocycles. The van der Waals surface area contributed by atoms with Crippen molar-refractivity contribution in [3.05, 3.63) is 65.5 Å². The first-order chi connectivity index (χ1) is 11.7. The van der Waals surface area contributed by atoms with Crippen molar-refractivity contribution in [2.75, 3.05) is 26.2 Å². The highest BCUT2D eigenvalue weighted by atomic mass is 16.3. The van der Waals surface area contributed by atoms with Gasteiger partial charge in [-0.3, -0.25) is 14.8 Å². The minimum Gasteiger partial charge on any atom is -0.387 e. The van der Waals surface area contributed by atoms with Gasteiger partial charge < -0.3 is 5.11 Å². The molecule has 126 valence electrons. The summed E-state index contributed by atoms with van der Waals surface area (Å²) in [6.07, 6.45) is 4.42. The van der Waals surface area contributed by atoms with Crippen LogP contribution in [-0.4, -0.2) is 52.1 Å². The lowest BCUT2D eigenvalue weighted by atomic mass is 10.1. The molecule has 2 heterocycles. The Bertz CT molecular complexity index is 682. The summed E-state index contributed by atoms with van der Waals surface area (Å²) in [6.45, 7) is 6.36. The Morgan fingerprint density at radius 3 is 2.58 bits per heavy atom. The zero-order valence-electron chi connectivity index (χ0n) is 14.2. The second-order valence-electron chi connectivity index (χ2n) is 6.95. The maximum absolute atomic E-state index is 10.7. The first-order valence-electron chi connectivity index (χ1n) is 8.88. The van der Waals surface area contributed by atoms with Crippen LogP contribution in [0.1, 0.15) is 35.8 Å². The van der Waals surface area contributed by atoms with Crippen LogP contribution in [0.3, 0.4) is 0 Å². The molecule has 2 aromatic rings. The number of aliphatic hydroxyl groups excluding tert-OH is 1. The van der Waals surface area contributed by atoms with Crippen LogP contribution in [0.4, 0.5) is 0 Å². The van der Waals surface area contributed by atoms with Gasteiger partial charge in [-0.2, -0.15) is 0 Å². The summed E-state index contributed by atoms with van der Waals surface area (Å²) in [4.78, 5) is 9.23. The Morgan fingerprint density at radius 2 is 1.88 bits per heavy atom. The molecule has 0 unspecified atom stereocenters. The summed E-state index contributed by atoms with van der Waals surface area (Å²) in [5, 5.41) is 10.7. The van der Waals surface area contributed by atoms with Crippen molar-refractivity contribution in [2.45, 2.75) is 31.5 Å². The van der Waals surface area contributed by atoms with Crippen molar-refractivity contribution < 1.29 is 5.11 Å². The fraction of sp³-hybridized carbons (Fsp3) is 0.450. The lowest BCUT2D eigenvalue weighted by molar-refractivity contribution is 0.0184. The topological polar surface area (TPSA) is 39.6 Å². The number of fused-ring (bicyclic) bond motifs is 1. The largest absolute Gasteiger partial charge is 0.387 e. The molecule has 4 nitrogen and oxygen atoms in total. The van der Waals surface area contributed by atoms with E-state index in [1.807, 2.05) is 24.5 Å². The van der Waals surface area contributed by atoms with Gasteiger partial charge in [0.2, 0.25) is 0 Å². The standard InChI is InChI=1S/C20H25N3O/c1-15(17-6-4-8-21-14-17)22-9-11-23(12-10-22)19-13-16-5-2-3-7-18(16)20(19)24/h2-8,14-15,19-20,24H,9-13H2,1H3/t15-,19+,20-/m1/s1. The SMILES string of the molecule is C[C@H](c1cccnc1)N1CCN([C@H]2Cc3ccccc3[C@H]2O)CC1. The molecule has 0 saturated carbocycles. The smallest absolute Gasteiger partial charge is 0.0951 e. The predicted octanol–water partition coefficient (Wildman–Crippen LogP) is 2.42. The third-order valence-corrected chi connectivity index (χ3v) is 5.70. The van der Waals surface area contributed by atoms with Crippen LogP contribution in [0.2, 0.25) is 0 Å². The van der Waals surface area contributed by atoms with E-state index in [1.54, 1.807) is 0 Å². The van der Waals surface area contributed by atoms with E-state index in [1.165, 1.54) is 11.1 Å². The molecule has 1 aromatic carbocycles. The van der Waals surface area contributed by atoms with Crippen LogP contribution in [0.25, 0.3) is 0 Å². The van der Waals surface area contributed by atoms with Crippen LogP contribution >= 0.6 is 0 Å². The number of aromatic nitrogens is 1. The number of hydrogen-bond acceptors (Lipinski definition) is 4. The van der Waals surface area contributed by atoms with Gasteiger partial charge in [0.25, 0.3) is 0 Å². The number of pyridine rings is 1. The van der Waals surface area contributed by atoms with Crippen LogP contribution < -0.4 is 0 Å². The van der Waals surface area contributed by atoms with E-state index >= 15 is 0 Å². The number of nitrogens with zero attached hydrogens (tertiary/aromatic N) is 3. The molecule has 24 heavy (non-hydrogen) atoms. The molecule has 3 atom stereocenters. The molecule has 1 aliphatic carbocycles. The van der Waals surface area contributed by atoms with Gasteiger partial charge in [0.15, 0.2) is 0 Å². The summed E-state index contributed by atoms with van der Waals surface area (Å²) in [5.74, 6) is 0. The van der Waals surface area contributed by atoms with Gasteiger partial charge in [-0.1, -0.05) is 30.3 Å². The number of hydrogen-bond donors (Lipinski definition) is 1. The molecular weight excluding hydrogens is 298 g/mol. The maximum atomic E-state index is 10.7. The minimum absolute atomic E-state index is 0.234. The van der Waals surface area contributed by atoms with Crippen molar-refractivity contribution in [3.63, 3.8) is 0 Å². The van der Waals surface area contributed by atoms with Crippen LogP contribution in [0.15, 0.2) is 48.8 Å². The molecule has 1 N–H and O–H groups in total. The summed E-state index contributed by atoms with van der Waals surface area (Å²) in [5.41, 5.74) is 3.70. The van der Waals surface area contributed by atoms with Gasteiger partial charge in [0, 0.05) is 50.7 Å². The lowest BCUT2D eigenvalue weighted by Crippen LogP contribution is -2.51. The Hall–Kier alpha value is -1.75. The molecular formula is C20H25N3O. The Labute approximate surface area is 143 Å². The fourth-order valence-corrected chi connectivity index (χ4v) is 4.17. The first-order valence-corrected chi connectivity index (χ1v) is 8.88. The summed E-state index contributed by atoms with van der Waals surface area (Å²) in [6, 6.07) is 13.1. The van der Waals surface area contributed by atoms with E-state index in [0.717, 1.165) is 38.2 Å². The van der Waals surface area contributed by atoms with E-state index in [-0.39, 0.29) is 12.1 Å². The Kier molecular flexibility index (Phi) is 4.35. The average molecular weight is 323 g/mol. The molecule has 0 amide bonds. The first kappa shape index (κ1) is 15.8. The van der Waals surface area contributed by atoms with E-state index in [0.29, 0.717) is 6.04 Å². The molecule has 4 heteroatoms. The van der Waals surface area contributed by atoms with Gasteiger partial charge in [0.05, 0.1) is 6.10 Å². The van der Waals surface area contributed by atoms with Gasteiger partial charge in [-0.25, -0.2) is 0 Å². The average Bonchev–Trinajstić information content (AvgIpc) is 2.99. The summed E-state index contributed by atoms with van der Waals surface area (Å²) in [7, 11) is 0. The van der Waals surface area contributed by atoms with Gasteiger partial charge in [0.1, 0.15) is 0 Å². The Morgan fingerprint density at radius 1 is 1.08 bits per heavy atom. The molecule has 4 rings (SSSR count). The van der Waals surface area contributed by atoms with Crippen LogP contribution in [0, 0.1) is 0 Å². The maximum Gasteiger partial charge on any atom is 0.0951 e. The van der Waals surface area contributed by atoms with E-state index in [2.05, 4.69) is 46.0 Å². The van der Waals surface area contributed by atoms with Crippen molar-refractivity contribution in [1.82, 2.24) is 14.8 Å². The van der Waals surface area contributed by atoms with Gasteiger partial charge in [-0.15, -0.1) is 0 Å². The second-order valence-corrected chi connectivity index (χ2v) is 6.95. The highest BCUT2D eigenvalue weighted by Crippen LogP contribution is 2.35. The number of rotatable bonds is 3. The summed E-state index contributed by atoms with van der Waals surface area (Å²) < 4.78 is 0. The van der Waals surface area contributed by atoms with Gasteiger partial charge in [-0.05, 0) is 36.1 Å². The molecule has 1 saturated heterocycles. The van der Waals surface area contributed by atoms with E-state index < -0.39 is 0 Å². The molecule has 2 aliphatic rings. The molecule has 0 bridgehead atoms. The minimum atomic E-state index is -0.344. The number of piperazine rings is 1. The van der Waals surface area contributed by atoms with Crippen molar-refractivity contribution in [2.24, 2.45) is 0 Å². The van der Waals surface area contributed by atoms with E-state index in [9.17, 15) is 5.11 Å². The van der Waals surface area contributed by atoms with Crippen molar-refractivity contribution in [3.8, 4) is 0 Å². The quantitative estimate of drug-likeness (QED) is 0.942. The fourth-order valence-electron chi connectivity index (χ4n) is 4.17. The second kappa shape index (κ2) is 6.63.